The fraction of sp³-hybridized carbons (Fsp3) is 0.105. The van der Waals surface area contributed by atoms with Crippen LogP contribution in [0.2, 0.25) is 0 Å². The molecule has 3 aromatic rings. The van der Waals surface area contributed by atoms with Gasteiger partial charge in [-0.2, -0.15) is 8.78 Å². The van der Waals surface area contributed by atoms with Gasteiger partial charge in [0.2, 0.25) is 11.6 Å². The van der Waals surface area contributed by atoms with E-state index in [1.54, 1.807) is 0 Å². The van der Waals surface area contributed by atoms with E-state index in [9.17, 15) is 35.5 Å². The van der Waals surface area contributed by atoms with Crippen LogP contribution in [0, 0.1) is 29.1 Å². The van der Waals surface area contributed by atoms with Crippen LogP contribution in [-0.4, -0.2) is 21.0 Å². The molecule has 160 valence electrons. The Morgan fingerprint density at radius 1 is 0.935 bits per heavy atom. The Morgan fingerprint density at radius 2 is 1.48 bits per heavy atom. The maximum Gasteiger partial charge on any atom is 0.452 e. The number of aromatic nitrogens is 2. The van der Waals surface area contributed by atoms with E-state index >= 15 is 0 Å². The fourth-order valence-electron chi connectivity index (χ4n) is 3.12. The Hall–Kier alpha value is -3.70. The van der Waals surface area contributed by atoms with Crippen molar-refractivity contribution in [3.05, 3.63) is 87.8 Å². The van der Waals surface area contributed by atoms with E-state index in [-0.39, 0.29) is 22.5 Å². The largest absolute Gasteiger partial charge is 0.452 e. The van der Waals surface area contributed by atoms with Gasteiger partial charge in [-0.15, -0.1) is 0 Å². The van der Waals surface area contributed by atoms with Crippen molar-refractivity contribution in [1.29, 1.82) is 0 Å². The number of aryl methyl sites for hydroxylation is 1. The number of fused-ring (bicyclic) bond motifs is 2. The van der Waals surface area contributed by atoms with Gasteiger partial charge in [0.25, 0.3) is 0 Å². The molecular weight excluding hydrogens is 435 g/mol. The lowest BCUT2D eigenvalue weighted by molar-refractivity contribution is -0.253. The lowest BCUT2D eigenvalue weighted by atomic mass is 9.89. The number of imidazole rings is 1. The molecular formula is C19H8F7N3O2. The maximum atomic E-state index is 14.4. The van der Waals surface area contributed by atoms with Crippen LogP contribution in [0.3, 0.4) is 0 Å². The van der Waals surface area contributed by atoms with Crippen LogP contribution in [0.4, 0.5) is 30.7 Å². The molecule has 0 atom stereocenters. The normalized spacial score (nSPS) is 14.6. The van der Waals surface area contributed by atoms with Gasteiger partial charge >= 0.3 is 6.11 Å². The summed E-state index contributed by atoms with van der Waals surface area (Å²) in [6, 6.07) is 5.67. The van der Waals surface area contributed by atoms with Gasteiger partial charge in [0, 0.05) is 18.2 Å². The van der Waals surface area contributed by atoms with Crippen molar-refractivity contribution in [1.82, 2.24) is 9.55 Å². The number of nitrogens with zero attached hydrogens (tertiary/aromatic N) is 3. The topological polar surface area (TPSA) is 56.5 Å². The van der Waals surface area contributed by atoms with Crippen molar-refractivity contribution in [2.75, 3.05) is 0 Å². The van der Waals surface area contributed by atoms with Crippen molar-refractivity contribution in [3.63, 3.8) is 0 Å². The highest BCUT2D eigenvalue weighted by molar-refractivity contribution is 6.28. The first-order valence-electron chi connectivity index (χ1n) is 8.38. The first kappa shape index (κ1) is 20.6. The zero-order valence-corrected chi connectivity index (χ0v) is 15.2. The highest BCUT2D eigenvalue weighted by Crippen LogP contribution is 2.37. The molecule has 0 saturated carbocycles. The number of carbonyl (C=O) groups is 1. The van der Waals surface area contributed by atoms with Crippen LogP contribution < -0.4 is 0 Å². The molecule has 2 aromatic carbocycles. The number of alkyl halides is 2. The molecule has 0 unspecified atom stereocenters. The van der Waals surface area contributed by atoms with Gasteiger partial charge in [-0.1, -0.05) is 29.4 Å². The van der Waals surface area contributed by atoms with Crippen LogP contribution in [-0.2, 0) is 18.0 Å². The molecule has 31 heavy (non-hydrogen) atoms. The Kier molecular flexibility index (Phi) is 4.60. The first-order valence-corrected chi connectivity index (χ1v) is 8.38. The number of halogens is 7. The van der Waals surface area contributed by atoms with Gasteiger partial charge in [0.1, 0.15) is 22.7 Å². The summed E-state index contributed by atoms with van der Waals surface area (Å²) in [5.41, 5.74) is -3.02. The molecule has 1 aromatic heterocycles. The number of ketones is 1. The van der Waals surface area contributed by atoms with E-state index in [0.29, 0.717) is 0 Å². The number of hydrogen-bond donors (Lipinski definition) is 0. The van der Waals surface area contributed by atoms with Gasteiger partial charge in [-0.25, -0.2) is 26.9 Å². The van der Waals surface area contributed by atoms with Crippen molar-refractivity contribution in [2.45, 2.75) is 6.11 Å². The number of carbonyl (C=O) groups excluding carboxylic acids is 1. The zero-order valence-electron chi connectivity index (χ0n) is 15.2. The standard InChI is InChI=1S/C19H8F7N3O2/c1-29-6-27-16-15(7-4-2-3-5-8(7)18(30)17(16)29)28-31-19(25,26)9-10(20)12(22)14(24)13(23)11(9)21/h2-6H,1H3/b28-15-. The van der Waals surface area contributed by atoms with E-state index < -0.39 is 52.3 Å². The van der Waals surface area contributed by atoms with Crippen LogP contribution >= 0.6 is 0 Å². The SMILES string of the molecule is Cn1cnc2c1C(=O)c1ccccc1/C2=N/OC(F)(F)c1c(F)c(F)c(F)c(F)c1F. The maximum absolute atomic E-state index is 14.4. The summed E-state index contributed by atoms with van der Waals surface area (Å²) >= 11 is 0. The lowest BCUT2D eigenvalue weighted by Gasteiger charge is -2.20. The molecule has 0 fully saturated rings. The molecule has 0 N–H and O–H groups in total. The molecule has 0 radical (unpaired) electrons. The summed E-state index contributed by atoms with van der Waals surface area (Å²) in [5, 5.41) is 3.19. The molecule has 0 bridgehead atoms. The average Bonchev–Trinajstić information content (AvgIpc) is 3.12. The molecule has 0 amide bonds. The molecule has 0 saturated heterocycles. The third-order valence-corrected chi connectivity index (χ3v) is 4.56. The highest BCUT2D eigenvalue weighted by atomic mass is 19.3. The minimum atomic E-state index is -5.05. The van der Waals surface area contributed by atoms with E-state index in [1.807, 2.05) is 0 Å². The van der Waals surface area contributed by atoms with E-state index in [0.717, 1.165) is 0 Å². The van der Waals surface area contributed by atoms with Crippen LogP contribution in [0.25, 0.3) is 0 Å². The molecule has 1 aliphatic rings. The van der Waals surface area contributed by atoms with Gasteiger partial charge in [0.05, 0.1) is 6.33 Å². The van der Waals surface area contributed by atoms with Crippen molar-refractivity contribution in [2.24, 2.45) is 12.2 Å². The van der Waals surface area contributed by atoms with Gasteiger partial charge in [0.15, 0.2) is 23.3 Å². The number of rotatable bonds is 3. The predicted octanol–water partition coefficient (Wildman–Crippen LogP) is 4.18. The fourth-order valence-corrected chi connectivity index (χ4v) is 3.12. The summed E-state index contributed by atoms with van der Waals surface area (Å²) in [7, 11) is 1.46. The summed E-state index contributed by atoms with van der Waals surface area (Å²) < 4.78 is 97.5. The zero-order chi connectivity index (χ0) is 22.7. The summed E-state index contributed by atoms with van der Waals surface area (Å²) in [6.07, 6.45) is -3.85. The molecule has 0 aliphatic heterocycles. The lowest BCUT2D eigenvalue weighted by Crippen LogP contribution is -2.26. The molecule has 5 nitrogen and oxygen atoms in total. The quantitative estimate of drug-likeness (QED) is 0.207. The summed E-state index contributed by atoms with van der Waals surface area (Å²) in [6.45, 7) is 0. The molecule has 1 heterocycles. The second-order valence-corrected chi connectivity index (χ2v) is 6.42. The minimum Gasteiger partial charge on any atom is -0.330 e. The Bertz CT molecular complexity index is 1250. The molecule has 1 aliphatic carbocycles. The monoisotopic (exact) mass is 443 g/mol. The summed E-state index contributed by atoms with van der Waals surface area (Å²) in [4.78, 5) is 20.5. The highest BCUT2D eigenvalue weighted by Gasteiger charge is 2.46. The second kappa shape index (κ2) is 6.93. The number of hydrogen-bond acceptors (Lipinski definition) is 4. The third kappa shape index (κ3) is 2.97. The average molecular weight is 443 g/mol. The molecule has 0 spiro atoms. The molecule has 4 rings (SSSR count). The second-order valence-electron chi connectivity index (χ2n) is 6.42. The Morgan fingerprint density at radius 3 is 2.10 bits per heavy atom. The van der Waals surface area contributed by atoms with Crippen molar-refractivity contribution in [3.8, 4) is 0 Å². The summed E-state index contributed by atoms with van der Waals surface area (Å²) in [5.74, 6) is -13.7. The van der Waals surface area contributed by atoms with Crippen molar-refractivity contribution < 1.29 is 40.4 Å². The molecule has 12 heteroatoms. The Balaban J connectivity index is 1.85. The predicted molar refractivity (Wildman–Crippen MR) is 89.9 cm³/mol. The van der Waals surface area contributed by atoms with Gasteiger partial charge in [-0.05, 0) is 0 Å². The van der Waals surface area contributed by atoms with E-state index in [4.69, 9.17) is 0 Å². The third-order valence-electron chi connectivity index (χ3n) is 4.56. The van der Waals surface area contributed by atoms with E-state index in [1.165, 1.54) is 42.2 Å². The van der Waals surface area contributed by atoms with E-state index in [2.05, 4.69) is 15.0 Å². The van der Waals surface area contributed by atoms with Crippen LogP contribution in [0.15, 0.2) is 35.7 Å². The van der Waals surface area contributed by atoms with Crippen molar-refractivity contribution >= 4 is 11.5 Å². The van der Waals surface area contributed by atoms with Gasteiger partial charge in [-0.3, -0.25) is 4.79 Å². The minimum absolute atomic E-state index is 0.0203. The van der Waals surface area contributed by atoms with Crippen LogP contribution in [0.5, 0.6) is 0 Å². The van der Waals surface area contributed by atoms with Gasteiger partial charge < -0.3 is 9.40 Å². The Labute approximate surface area is 168 Å². The van der Waals surface area contributed by atoms with Crippen LogP contribution in [0.1, 0.15) is 32.9 Å². The number of benzene rings is 2. The number of oxime groups is 1. The first-order chi connectivity index (χ1) is 14.6. The smallest absolute Gasteiger partial charge is 0.330 e.